The second kappa shape index (κ2) is 6.43. The Labute approximate surface area is 124 Å². The van der Waals surface area contributed by atoms with E-state index in [1.54, 1.807) is 41.5 Å². The zero-order valence-electron chi connectivity index (χ0n) is 13.5. The van der Waals surface area contributed by atoms with Gasteiger partial charge in [-0.05, 0) is 41.5 Å². The molecule has 7 nitrogen and oxygen atoms in total. The Morgan fingerprint density at radius 3 is 1.33 bits per heavy atom. The SMILES string of the molecule is CC(C)(C)OC(=O)CC(N)(CC(=O)OC(C)(C)C)C(=O)O. The summed E-state index contributed by atoms with van der Waals surface area (Å²) in [4.78, 5) is 34.7. The second-order valence-corrected chi connectivity index (χ2v) is 6.99. The molecule has 0 amide bonds. The summed E-state index contributed by atoms with van der Waals surface area (Å²) in [5.74, 6) is -3.02. The lowest BCUT2D eigenvalue weighted by molar-refractivity contribution is -0.165. The van der Waals surface area contributed by atoms with Crippen LogP contribution in [0.1, 0.15) is 54.4 Å². The van der Waals surface area contributed by atoms with Crippen molar-refractivity contribution in [2.75, 3.05) is 0 Å². The molecule has 0 aliphatic heterocycles. The third-order valence-electron chi connectivity index (χ3n) is 2.19. The van der Waals surface area contributed by atoms with Crippen molar-refractivity contribution < 1.29 is 29.0 Å². The van der Waals surface area contributed by atoms with Gasteiger partial charge in [-0.3, -0.25) is 14.4 Å². The fourth-order valence-electron chi connectivity index (χ4n) is 1.48. The van der Waals surface area contributed by atoms with E-state index in [1.165, 1.54) is 0 Å². The van der Waals surface area contributed by atoms with Crippen LogP contribution in [-0.4, -0.2) is 39.8 Å². The van der Waals surface area contributed by atoms with Gasteiger partial charge >= 0.3 is 17.9 Å². The Kier molecular flexibility index (Phi) is 5.93. The van der Waals surface area contributed by atoms with Crippen molar-refractivity contribution in [2.24, 2.45) is 5.73 Å². The highest BCUT2D eigenvalue weighted by atomic mass is 16.6. The van der Waals surface area contributed by atoms with E-state index in [0.29, 0.717) is 0 Å². The van der Waals surface area contributed by atoms with Crippen LogP contribution in [0.15, 0.2) is 0 Å². The molecule has 0 aromatic carbocycles. The number of rotatable bonds is 5. The van der Waals surface area contributed by atoms with Crippen LogP contribution in [-0.2, 0) is 23.9 Å². The van der Waals surface area contributed by atoms with Crippen LogP contribution in [0.3, 0.4) is 0 Å². The van der Waals surface area contributed by atoms with Crippen molar-refractivity contribution in [3.8, 4) is 0 Å². The van der Waals surface area contributed by atoms with Crippen molar-refractivity contribution in [2.45, 2.75) is 71.1 Å². The van der Waals surface area contributed by atoms with Gasteiger partial charge in [-0.1, -0.05) is 0 Å². The molecule has 0 aromatic rings. The van der Waals surface area contributed by atoms with Gasteiger partial charge in [-0.15, -0.1) is 0 Å². The summed E-state index contributed by atoms with van der Waals surface area (Å²) < 4.78 is 10.1. The van der Waals surface area contributed by atoms with Crippen LogP contribution in [0.25, 0.3) is 0 Å². The summed E-state index contributed by atoms with van der Waals surface area (Å²) in [7, 11) is 0. The van der Waals surface area contributed by atoms with E-state index < -0.39 is 47.5 Å². The number of carboxylic acid groups (broad SMARTS) is 1. The molecule has 0 aliphatic carbocycles. The Hall–Kier alpha value is -1.63. The zero-order chi connectivity index (χ0) is 17.1. The van der Waals surface area contributed by atoms with Crippen LogP contribution >= 0.6 is 0 Å². The molecule has 0 rings (SSSR count). The fraction of sp³-hybridized carbons (Fsp3) is 0.786. The highest BCUT2D eigenvalue weighted by Gasteiger charge is 2.41. The molecule has 21 heavy (non-hydrogen) atoms. The number of aliphatic carboxylic acids is 1. The number of hydrogen-bond donors (Lipinski definition) is 2. The Balaban J connectivity index is 4.90. The Bertz CT molecular complexity index is 386. The van der Waals surface area contributed by atoms with E-state index in [0.717, 1.165) is 0 Å². The van der Waals surface area contributed by atoms with Crippen LogP contribution in [0.5, 0.6) is 0 Å². The van der Waals surface area contributed by atoms with Gasteiger partial charge in [0.05, 0.1) is 12.8 Å². The van der Waals surface area contributed by atoms with Crippen LogP contribution < -0.4 is 5.73 Å². The standard InChI is InChI=1S/C14H25NO6/c1-12(2,3)20-9(16)7-14(15,11(18)19)8-10(17)21-13(4,5)6/h7-8,15H2,1-6H3,(H,18,19). The smallest absolute Gasteiger partial charge is 0.324 e. The number of carbonyl (C=O) groups excluding carboxylic acids is 2. The molecular formula is C14H25NO6. The maximum atomic E-state index is 11.7. The summed E-state index contributed by atoms with van der Waals surface area (Å²) in [5, 5.41) is 9.19. The maximum Gasteiger partial charge on any atom is 0.324 e. The van der Waals surface area contributed by atoms with Crippen molar-refractivity contribution in [3.63, 3.8) is 0 Å². The second-order valence-electron chi connectivity index (χ2n) is 6.99. The topological polar surface area (TPSA) is 116 Å². The van der Waals surface area contributed by atoms with E-state index in [1.807, 2.05) is 0 Å². The van der Waals surface area contributed by atoms with Crippen molar-refractivity contribution in [1.82, 2.24) is 0 Å². The molecule has 0 radical (unpaired) electrons. The van der Waals surface area contributed by atoms with E-state index >= 15 is 0 Å². The maximum absolute atomic E-state index is 11.7. The molecule has 7 heteroatoms. The monoisotopic (exact) mass is 303 g/mol. The number of esters is 2. The van der Waals surface area contributed by atoms with E-state index in [2.05, 4.69) is 0 Å². The third-order valence-corrected chi connectivity index (χ3v) is 2.19. The lowest BCUT2D eigenvalue weighted by Crippen LogP contribution is -2.52. The van der Waals surface area contributed by atoms with Gasteiger partial charge in [0.25, 0.3) is 0 Å². The highest BCUT2D eigenvalue weighted by Crippen LogP contribution is 2.19. The average molecular weight is 303 g/mol. The predicted octanol–water partition coefficient (Wildman–Crippen LogP) is 1.23. The van der Waals surface area contributed by atoms with Crippen molar-refractivity contribution in [3.05, 3.63) is 0 Å². The molecule has 0 spiro atoms. The van der Waals surface area contributed by atoms with E-state index in [-0.39, 0.29) is 0 Å². The van der Waals surface area contributed by atoms with Gasteiger partial charge in [0.1, 0.15) is 16.7 Å². The quantitative estimate of drug-likeness (QED) is 0.734. The number of ether oxygens (including phenoxy) is 2. The molecule has 0 aliphatic rings. The normalized spacial score (nSPS) is 12.7. The fourth-order valence-corrected chi connectivity index (χ4v) is 1.48. The van der Waals surface area contributed by atoms with Crippen LogP contribution in [0.2, 0.25) is 0 Å². The van der Waals surface area contributed by atoms with Crippen molar-refractivity contribution >= 4 is 17.9 Å². The highest BCUT2D eigenvalue weighted by molar-refractivity contribution is 5.90. The summed E-state index contributed by atoms with van der Waals surface area (Å²) in [5.41, 5.74) is 2.11. The first kappa shape index (κ1) is 19.4. The largest absolute Gasteiger partial charge is 0.480 e. The van der Waals surface area contributed by atoms with Crippen LogP contribution in [0, 0.1) is 0 Å². The summed E-state index contributed by atoms with van der Waals surface area (Å²) in [6, 6.07) is 0. The minimum atomic E-state index is -2.05. The first-order valence-corrected chi connectivity index (χ1v) is 6.61. The minimum absolute atomic E-state index is 0.612. The summed E-state index contributed by atoms with van der Waals surface area (Å²) >= 11 is 0. The van der Waals surface area contributed by atoms with Gasteiger partial charge in [0.15, 0.2) is 0 Å². The molecule has 3 N–H and O–H groups in total. The number of carboxylic acids is 1. The van der Waals surface area contributed by atoms with Gasteiger partial charge in [-0.25, -0.2) is 0 Å². The zero-order valence-corrected chi connectivity index (χ0v) is 13.5. The molecule has 0 saturated heterocycles. The lowest BCUT2D eigenvalue weighted by atomic mass is 9.92. The van der Waals surface area contributed by atoms with Gasteiger partial charge in [-0.2, -0.15) is 0 Å². The average Bonchev–Trinajstić information content (AvgIpc) is 2.08. The molecule has 0 bridgehead atoms. The molecule has 0 unspecified atom stereocenters. The predicted molar refractivity (Wildman–Crippen MR) is 75.5 cm³/mol. The van der Waals surface area contributed by atoms with Gasteiger partial charge in [0, 0.05) is 0 Å². The summed E-state index contributed by atoms with van der Waals surface area (Å²) in [6.45, 7) is 9.90. The van der Waals surface area contributed by atoms with Gasteiger partial charge < -0.3 is 20.3 Å². The number of carbonyl (C=O) groups is 3. The van der Waals surface area contributed by atoms with E-state index in [9.17, 15) is 19.5 Å². The first-order chi connectivity index (χ1) is 9.15. The van der Waals surface area contributed by atoms with Gasteiger partial charge in [0.2, 0.25) is 0 Å². The molecule has 0 saturated carbocycles. The molecule has 122 valence electrons. The molecule has 0 atom stereocenters. The summed E-state index contributed by atoms with van der Waals surface area (Å²) in [6.07, 6.45) is -1.22. The molecule has 0 fully saturated rings. The molecular weight excluding hydrogens is 278 g/mol. The Morgan fingerprint density at radius 2 is 1.14 bits per heavy atom. The number of nitrogens with two attached hydrogens (primary N) is 1. The number of hydrogen-bond acceptors (Lipinski definition) is 6. The third kappa shape index (κ3) is 8.29. The van der Waals surface area contributed by atoms with Crippen LogP contribution in [0.4, 0.5) is 0 Å². The molecule has 0 heterocycles. The first-order valence-electron chi connectivity index (χ1n) is 6.61. The van der Waals surface area contributed by atoms with E-state index in [4.69, 9.17) is 15.2 Å². The molecule has 0 aromatic heterocycles. The minimum Gasteiger partial charge on any atom is -0.480 e. The van der Waals surface area contributed by atoms with Crippen molar-refractivity contribution in [1.29, 1.82) is 0 Å². The Morgan fingerprint density at radius 1 is 0.857 bits per heavy atom. The lowest BCUT2D eigenvalue weighted by Gasteiger charge is -2.27.